The van der Waals surface area contributed by atoms with Gasteiger partial charge in [-0.3, -0.25) is 4.79 Å². The van der Waals surface area contributed by atoms with Crippen molar-refractivity contribution < 1.29 is 9.47 Å². The molecule has 1 aliphatic heterocycles. The van der Waals surface area contributed by atoms with E-state index in [1.165, 1.54) is 0 Å². The van der Waals surface area contributed by atoms with E-state index in [4.69, 9.17) is 9.47 Å². The van der Waals surface area contributed by atoms with Gasteiger partial charge < -0.3 is 14.5 Å². The van der Waals surface area contributed by atoms with Crippen molar-refractivity contribution in [2.24, 2.45) is 0 Å². The molecule has 1 N–H and O–H groups in total. The van der Waals surface area contributed by atoms with Crippen molar-refractivity contribution in [2.75, 3.05) is 6.79 Å². The molecule has 0 amide bonds. The van der Waals surface area contributed by atoms with Crippen molar-refractivity contribution in [3.8, 4) is 11.5 Å². The SMILES string of the molecule is O=c1c2ccccc2[nH]c2c3c(ccc12)OCO3. The molecule has 2 heterocycles. The number of rotatable bonds is 0. The Bertz CT molecular complexity index is 835. The van der Waals surface area contributed by atoms with Gasteiger partial charge in [-0.15, -0.1) is 0 Å². The van der Waals surface area contributed by atoms with Crippen molar-refractivity contribution in [3.05, 3.63) is 46.6 Å². The van der Waals surface area contributed by atoms with Crippen molar-refractivity contribution in [3.63, 3.8) is 0 Å². The van der Waals surface area contributed by atoms with Gasteiger partial charge in [0.05, 0.1) is 10.9 Å². The number of ether oxygens (including phenoxy) is 2. The van der Waals surface area contributed by atoms with Gasteiger partial charge in [0.15, 0.2) is 16.9 Å². The largest absolute Gasteiger partial charge is 0.454 e. The highest BCUT2D eigenvalue weighted by Crippen LogP contribution is 2.37. The summed E-state index contributed by atoms with van der Waals surface area (Å²) in [5.74, 6) is 1.30. The number of aromatic nitrogens is 1. The summed E-state index contributed by atoms with van der Waals surface area (Å²) in [6, 6.07) is 11.0. The van der Waals surface area contributed by atoms with Crippen LogP contribution >= 0.6 is 0 Å². The number of aromatic amines is 1. The molecular formula is C14H9NO3. The molecule has 0 atom stereocenters. The predicted molar refractivity (Wildman–Crippen MR) is 68.2 cm³/mol. The van der Waals surface area contributed by atoms with Crippen LogP contribution in [-0.4, -0.2) is 11.8 Å². The zero-order chi connectivity index (χ0) is 12.1. The summed E-state index contributed by atoms with van der Waals surface area (Å²) >= 11 is 0. The number of para-hydroxylation sites is 1. The Morgan fingerprint density at radius 1 is 1.00 bits per heavy atom. The van der Waals surface area contributed by atoms with Gasteiger partial charge in [0.2, 0.25) is 6.79 Å². The lowest BCUT2D eigenvalue weighted by Gasteiger charge is -2.05. The van der Waals surface area contributed by atoms with Crippen molar-refractivity contribution in [1.29, 1.82) is 0 Å². The molecule has 0 bridgehead atoms. The van der Waals surface area contributed by atoms with Crippen LogP contribution < -0.4 is 14.9 Å². The number of hydrogen-bond donors (Lipinski definition) is 1. The van der Waals surface area contributed by atoms with Crippen LogP contribution in [0.4, 0.5) is 0 Å². The summed E-state index contributed by atoms with van der Waals surface area (Å²) in [4.78, 5) is 15.6. The molecule has 3 aromatic rings. The first kappa shape index (κ1) is 9.53. The lowest BCUT2D eigenvalue weighted by Crippen LogP contribution is -2.04. The second kappa shape index (κ2) is 3.26. The minimum absolute atomic E-state index is 0.0117. The highest BCUT2D eigenvalue weighted by molar-refractivity contribution is 5.96. The normalized spacial score (nSPS) is 13.3. The number of H-pyrrole nitrogens is 1. The predicted octanol–water partition coefficient (Wildman–Crippen LogP) is 2.41. The van der Waals surface area contributed by atoms with Crippen LogP contribution in [0, 0.1) is 0 Å². The highest BCUT2D eigenvalue weighted by Gasteiger charge is 2.19. The molecule has 2 aromatic carbocycles. The van der Waals surface area contributed by atoms with E-state index in [0.29, 0.717) is 27.8 Å². The monoisotopic (exact) mass is 239 g/mol. The first-order valence-electron chi connectivity index (χ1n) is 5.68. The Morgan fingerprint density at radius 3 is 2.83 bits per heavy atom. The summed E-state index contributed by atoms with van der Waals surface area (Å²) in [5.41, 5.74) is 1.52. The molecule has 18 heavy (non-hydrogen) atoms. The van der Waals surface area contributed by atoms with E-state index in [9.17, 15) is 4.79 Å². The van der Waals surface area contributed by atoms with Gasteiger partial charge in [0.1, 0.15) is 0 Å². The molecule has 0 unspecified atom stereocenters. The molecule has 0 aliphatic carbocycles. The van der Waals surface area contributed by atoms with Crippen LogP contribution in [0.2, 0.25) is 0 Å². The number of fused-ring (bicyclic) bond motifs is 4. The molecule has 0 fully saturated rings. The zero-order valence-electron chi connectivity index (χ0n) is 9.40. The topological polar surface area (TPSA) is 51.3 Å². The summed E-state index contributed by atoms with van der Waals surface area (Å²) in [7, 11) is 0. The van der Waals surface area contributed by atoms with Crippen LogP contribution in [0.15, 0.2) is 41.2 Å². The van der Waals surface area contributed by atoms with Gasteiger partial charge in [0, 0.05) is 10.9 Å². The fourth-order valence-electron chi connectivity index (χ4n) is 2.36. The molecular weight excluding hydrogens is 230 g/mol. The van der Waals surface area contributed by atoms with Gasteiger partial charge in [0.25, 0.3) is 0 Å². The maximum absolute atomic E-state index is 12.4. The van der Waals surface area contributed by atoms with Crippen LogP contribution in [0.3, 0.4) is 0 Å². The maximum atomic E-state index is 12.4. The summed E-state index contributed by atoms with van der Waals surface area (Å²) in [6.45, 7) is 0.198. The summed E-state index contributed by atoms with van der Waals surface area (Å²) in [5, 5.41) is 1.31. The summed E-state index contributed by atoms with van der Waals surface area (Å²) in [6.07, 6.45) is 0. The third-order valence-electron chi connectivity index (χ3n) is 3.22. The molecule has 4 heteroatoms. The Morgan fingerprint density at radius 2 is 1.89 bits per heavy atom. The molecule has 0 saturated heterocycles. The molecule has 0 radical (unpaired) electrons. The molecule has 0 saturated carbocycles. The number of nitrogens with one attached hydrogen (secondary N) is 1. The van der Waals surface area contributed by atoms with E-state index in [1.54, 1.807) is 12.1 Å². The van der Waals surface area contributed by atoms with Gasteiger partial charge in [-0.2, -0.15) is 0 Å². The second-order valence-electron chi connectivity index (χ2n) is 4.22. The van der Waals surface area contributed by atoms with Gasteiger partial charge >= 0.3 is 0 Å². The fourth-order valence-corrected chi connectivity index (χ4v) is 2.36. The molecule has 88 valence electrons. The average molecular weight is 239 g/mol. The van der Waals surface area contributed by atoms with Gasteiger partial charge in [-0.1, -0.05) is 12.1 Å². The molecule has 1 aliphatic rings. The first-order valence-corrected chi connectivity index (χ1v) is 5.68. The standard InChI is InChI=1S/C14H9NO3/c16-13-8-3-1-2-4-10(8)15-12-9(13)5-6-11-14(12)18-7-17-11/h1-6H,7H2,(H,15,16). The Balaban J connectivity index is 2.27. The van der Waals surface area contributed by atoms with Crippen molar-refractivity contribution >= 4 is 21.8 Å². The van der Waals surface area contributed by atoms with Crippen molar-refractivity contribution in [2.45, 2.75) is 0 Å². The van der Waals surface area contributed by atoms with E-state index >= 15 is 0 Å². The molecule has 1 aromatic heterocycles. The van der Waals surface area contributed by atoms with E-state index in [-0.39, 0.29) is 12.2 Å². The van der Waals surface area contributed by atoms with Crippen LogP contribution in [-0.2, 0) is 0 Å². The van der Waals surface area contributed by atoms with Crippen LogP contribution in [0.1, 0.15) is 0 Å². The lowest BCUT2D eigenvalue weighted by molar-refractivity contribution is 0.174. The fraction of sp³-hybridized carbons (Fsp3) is 0.0714. The first-order chi connectivity index (χ1) is 8.84. The quantitative estimate of drug-likeness (QED) is 0.613. The van der Waals surface area contributed by atoms with Gasteiger partial charge in [-0.25, -0.2) is 0 Å². The number of hydrogen-bond acceptors (Lipinski definition) is 3. The lowest BCUT2D eigenvalue weighted by atomic mass is 10.1. The van der Waals surface area contributed by atoms with E-state index in [0.717, 1.165) is 5.52 Å². The second-order valence-corrected chi connectivity index (χ2v) is 4.22. The zero-order valence-corrected chi connectivity index (χ0v) is 9.40. The van der Waals surface area contributed by atoms with Gasteiger partial charge in [-0.05, 0) is 24.3 Å². The summed E-state index contributed by atoms with van der Waals surface area (Å²) < 4.78 is 10.7. The Kier molecular flexibility index (Phi) is 1.73. The third-order valence-corrected chi connectivity index (χ3v) is 3.22. The highest BCUT2D eigenvalue weighted by atomic mass is 16.7. The molecule has 4 rings (SSSR count). The van der Waals surface area contributed by atoms with E-state index in [2.05, 4.69) is 4.98 Å². The minimum atomic E-state index is 0.0117. The van der Waals surface area contributed by atoms with E-state index in [1.807, 2.05) is 24.3 Å². The smallest absolute Gasteiger partial charge is 0.231 e. The van der Waals surface area contributed by atoms with Crippen molar-refractivity contribution in [1.82, 2.24) is 4.98 Å². The minimum Gasteiger partial charge on any atom is -0.454 e. The molecule has 4 nitrogen and oxygen atoms in total. The van der Waals surface area contributed by atoms with Crippen LogP contribution in [0.25, 0.3) is 21.8 Å². The molecule has 0 spiro atoms. The Labute approximate surface area is 102 Å². The van der Waals surface area contributed by atoms with Crippen LogP contribution in [0.5, 0.6) is 11.5 Å². The maximum Gasteiger partial charge on any atom is 0.231 e. The average Bonchev–Trinajstić information content (AvgIpc) is 2.88. The van der Waals surface area contributed by atoms with E-state index < -0.39 is 0 Å². The number of pyridine rings is 1. The Hall–Kier alpha value is -2.49. The third kappa shape index (κ3) is 1.12. The number of benzene rings is 2.